The number of anilines is 1. The summed E-state index contributed by atoms with van der Waals surface area (Å²) in [6.07, 6.45) is 3.40. The predicted octanol–water partition coefficient (Wildman–Crippen LogP) is 2.23. The molecular formula is C15H18N4O. The summed E-state index contributed by atoms with van der Waals surface area (Å²) in [6.45, 7) is 4.51. The van der Waals surface area contributed by atoms with Crippen LogP contribution in [-0.2, 0) is 6.54 Å². The summed E-state index contributed by atoms with van der Waals surface area (Å²) in [5, 5.41) is 6.01. The topological polar surface area (TPSA) is 66.9 Å². The number of carbonyl (C=O) groups excluding carboxylic acids is 1. The molecule has 0 fully saturated rings. The molecule has 0 radical (unpaired) electrons. The van der Waals surface area contributed by atoms with E-state index in [9.17, 15) is 4.79 Å². The van der Waals surface area contributed by atoms with Crippen LogP contribution >= 0.6 is 0 Å². The van der Waals surface area contributed by atoms with Crippen LogP contribution in [0.1, 0.15) is 29.9 Å². The Morgan fingerprint density at radius 3 is 2.65 bits per heavy atom. The lowest BCUT2D eigenvalue weighted by Gasteiger charge is -2.10. The Bertz CT molecular complexity index is 569. The van der Waals surface area contributed by atoms with Crippen molar-refractivity contribution in [3.05, 3.63) is 54.0 Å². The molecule has 0 saturated heterocycles. The maximum absolute atomic E-state index is 12.0. The van der Waals surface area contributed by atoms with Crippen molar-refractivity contribution in [1.29, 1.82) is 0 Å². The molecule has 0 aliphatic heterocycles. The lowest BCUT2D eigenvalue weighted by Crippen LogP contribution is -2.24. The maximum Gasteiger partial charge on any atom is 0.270 e. The Morgan fingerprint density at radius 2 is 1.95 bits per heavy atom. The summed E-state index contributed by atoms with van der Waals surface area (Å²) in [5.41, 5.74) is 1.41. The molecule has 2 rings (SSSR count). The number of amides is 1. The van der Waals surface area contributed by atoms with E-state index in [1.807, 2.05) is 38.1 Å². The monoisotopic (exact) mass is 270 g/mol. The van der Waals surface area contributed by atoms with Crippen molar-refractivity contribution in [1.82, 2.24) is 15.3 Å². The molecule has 5 heteroatoms. The first-order valence-corrected chi connectivity index (χ1v) is 6.56. The zero-order valence-corrected chi connectivity index (χ0v) is 11.6. The van der Waals surface area contributed by atoms with E-state index in [4.69, 9.17) is 0 Å². The third-order valence-corrected chi connectivity index (χ3v) is 2.62. The number of rotatable bonds is 5. The van der Waals surface area contributed by atoms with Crippen LogP contribution in [-0.4, -0.2) is 21.9 Å². The first-order chi connectivity index (χ1) is 9.65. The highest BCUT2D eigenvalue weighted by molar-refractivity contribution is 5.92. The number of hydrogen-bond donors (Lipinski definition) is 2. The van der Waals surface area contributed by atoms with Gasteiger partial charge in [-0.15, -0.1) is 0 Å². The van der Waals surface area contributed by atoms with E-state index in [1.165, 1.54) is 0 Å². The molecule has 0 aromatic carbocycles. The lowest BCUT2D eigenvalue weighted by molar-refractivity contribution is 0.0946. The van der Waals surface area contributed by atoms with Gasteiger partial charge in [0.2, 0.25) is 0 Å². The van der Waals surface area contributed by atoms with Crippen LogP contribution in [0.2, 0.25) is 0 Å². The summed E-state index contributed by atoms with van der Waals surface area (Å²) in [4.78, 5) is 20.3. The van der Waals surface area contributed by atoms with Crippen molar-refractivity contribution in [3.63, 3.8) is 0 Å². The molecule has 0 aliphatic carbocycles. The van der Waals surface area contributed by atoms with E-state index in [1.54, 1.807) is 18.5 Å². The Labute approximate surface area is 118 Å². The van der Waals surface area contributed by atoms with E-state index < -0.39 is 0 Å². The van der Waals surface area contributed by atoms with Crippen LogP contribution in [0.3, 0.4) is 0 Å². The molecule has 104 valence electrons. The zero-order chi connectivity index (χ0) is 14.4. The maximum atomic E-state index is 12.0. The van der Waals surface area contributed by atoms with Crippen LogP contribution < -0.4 is 10.6 Å². The minimum absolute atomic E-state index is 0.186. The fourth-order valence-electron chi connectivity index (χ4n) is 1.71. The van der Waals surface area contributed by atoms with E-state index >= 15 is 0 Å². The van der Waals surface area contributed by atoms with Crippen molar-refractivity contribution in [3.8, 4) is 0 Å². The summed E-state index contributed by atoms with van der Waals surface area (Å²) >= 11 is 0. The third kappa shape index (κ3) is 4.05. The SMILES string of the molecule is CC(C)Nc1cccc(C(=O)NCc2ccncc2)n1. The molecule has 2 N–H and O–H groups in total. The Kier molecular flexibility index (Phi) is 4.65. The number of carbonyl (C=O) groups is 1. The van der Waals surface area contributed by atoms with Gasteiger partial charge in [-0.1, -0.05) is 6.07 Å². The van der Waals surface area contributed by atoms with Gasteiger partial charge in [0, 0.05) is 25.0 Å². The van der Waals surface area contributed by atoms with Gasteiger partial charge in [0.1, 0.15) is 11.5 Å². The molecule has 0 aliphatic rings. The van der Waals surface area contributed by atoms with Gasteiger partial charge in [0.25, 0.3) is 5.91 Å². The van der Waals surface area contributed by atoms with Crippen LogP contribution in [0.4, 0.5) is 5.82 Å². The average Bonchev–Trinajstić information content (AvgIpc) is 2.45. The molecule has 0 saturated carbocycles. The highest BCUT2D eigenvalue weighted by atomic mass is 16.1. The molecule has 0 spiro atoms. The second-order valence-electron chi connectivity index (χ2n) is 4.75. The van der Waals surface area contributed by atoms with Gasteiger partial charge in [-0.25, -0.2) is 4.98 Å². The standard InChI is InChI=1S/C15H18N4O/c1-11(2)18-14-5-3-4-13(19-14)15(20)17-10-12-6-8-16-9-7-12/h3-9,11H,10H2,1-2H3,(H,17,20)(H,18,19). The summed E-state index contributed by atoms with van der Waals surface area (Å²) in [5.74, 6) is 0.519. The fraction of sp³-hybridized carbons (Fsp3) is 0.267. The third-order valence-electron chi connectivity index (χ3n) is 2.62. The Hall–Kier alpha value is -2.43. The Morgan fingerprint density at radius 1 is 1.20 bits per heavy atom. The first-order valence-electron chi connectivity index (χ1n) is 6.56. The van der Waals surface area contributed by atoms with Crippen LogP contribution in [0.25, 0.3) is 0 Å². The minimum atomic E-state index is -0.186. The van der Waals surface area contributed by atoms with Gasteiger partial charge in [0.05, 0.1) is 0 Å². The van der Waals surface area contributed by atoms with E-state index in [0.29, 0.717) is 18.1 Å². The van der Waals surface area contributed by atoms with Crippen LogP contribution in [0.5, 0.6) is 0 Å². The normalized spacial score (nSPS) is 10.3. The van der Waals surface area contributed by atoms with E-state index in [2.05, 4.69) is 20.6 Å². The second kappa shape index (κ2) is 6.65. The highest BCUT2D eigenvalue weighted by Crippen LogP contribution is 2.06. The molecule has 1 amide bonds. The summed E-state index contributed by atoms with van der Waals surface area (Å²) in [7, 11) is 0. The fourth-order valence-corrected chi connectivity index (χ4v) is 1.71. The minimum Gasteiger partial charge on any atom is -0.368 e. The lowest BCUT2D eigenvalue weighted by atomic mass is 10.2. The highest BCUT2D eigenvalue weighted by Gasteiger charge is 2.08. The zero-order valence-electron chi connectivity index (χ0n) is 11.6. The molecule has 2 heterocycles. The molecule has 2 aromatic heterocycles. The molecule has 20 heavy (non-hydrogen) atoms. The van der Waals surface area contributed by atoms with Gasteiger partial charge in [-0.2, -0.15) is 0 Å². The number of pyridine rings is 2. The van der Waals surface area contributed by atoms with Gasteiger partial charge < -0.3 is 10.6 Å². The molecule has 2 aromatic rings. The van der Waals surface area contributed by atoms with Crippen LogP contribution in [0.15, 0.2) is 42.7 Å². The number of nitrogens with zero attached hydrogens (tertiary/aromatic N) is 2. The van der Waals surface area contributed by atoms with Gasteiger partial charge >= 0.3 is 0 Å². The van der Waals surface area contributed by atoms with Crippen molar-refractivity contribution in [2.45, 2.75) is 26.4 Å². The second-order valence-corrected chi connectivity index (χ2v) is 4.75. The van der Waals surface area contributed by atoms with Crippen LogP contribution in [0, 0.1) is 0 Å². The first kappa shape index (κ1) is 14.0. The molecule has 5 nitrogen and oxygen atoms in total. The molecule has 0 atom stereocenters. The van der Waals surface area contributed by atoms with Gasteiger partial charge in [0.15, 0.2) is 0 Å². The van der Waals surface area contributed by atoms with Crippen molar-refractivity contribution >= 4 is 11.7 Å². The molecular weight excluding hydrogens is 252 g/mol. The average molecular weight is 270 g/mol. The Balaban J connectivity index is 1.98. The van der Waals surface area contributed by atoms with Crippen molar-refractivity contribution in [2.75, 3.05) is 5.32 Å². The van der Waals surface area contributed by atoms with Crippen molar-refractivity contribution in [2.24, 2.45) is 0 Å². The van der Waals surface area contributed by atoms with Gasteiger partial charge in [-0.05, 0) is 43.7 Å². The number of hydrogen-bond acceptors (Lipinski definition) is 4. The van der Waals surface area contributed by atoms with Crippen molar-refractivity contribution < 1.29 is 4.79 Å². The van der Waals surface area contributed by atoms with Gasteiger partial charge in [-0.3, -0.25) is 9.78 Å². The largest absolute Gasteiger partial charge is 0.368 e. The quantitative estimate of drug-likeness (QED) is 0.874. The molecule has 0 bridgehead atoms. The summed E-state index contributed by atoms with van der Waals surface area (Å²) in [6, 6.07) is 9.37. The van der Waals surface area contributed by atoms with E-state index in [-0.39, 0.29) is 11.9 Å². The number of aromatic nitrogens is 2. The summed E-state index contributed by atoms with van der Waals surface area (Å²) < 4.78 is 0. The predicted molar refractivity (Wildman–Crippen MR) is 78.4 cm³/mol. The van der Waals surface area contributed by atoms with E-state index in [0.717, 1.165) is 5.56 Å². The molecule has 0 unspecified atom stereocenters. The smallest absolute Gasteiger partial charge is 0.270 e. The number of nitrogens with one attached hydrogen (secondary N) is 2.